The molecule has 128 valence electrons. The topological polar surface area (TPSA) is 52.6 Å². The lowest BCUT2D eigenvalue weighted by atomic mass is 10.2. The smallest absolute Gasteiger partial charge is 0.191 e. The monoisotopic (exact) mass is 317 g/mol. The number of hydrogen-bond donors (Lipinski definition) is 2. The molecule has 2 heterocycles. The second-order valence-corrected chi connectivity index (χ2v) is 6.13. The molecule has 1 aromatic rings. The first-order chi connectivity index (χ1) is 11.3. The SMILES string of the molecule is CCCCCCNC(=NC)NCc1ccnc(N2CCCC2)c1. The molecule has 0 unspecified atom stereocenters. The number of hydrogen-bond acceptors (Lipinski definition) is 3. The van der Waals surface area contributed by atoms with Crippen LogP contribution < -0.4 is 15.5 Å². The van der Waals surface area contributed by atoms with E-state index in [0.29, 0.717) is 0 Å². The lowest BCUT2D eigenvalue weighted by molar-refractivity contribution is 0.647. The van der Waals surface area contributed by atoms with E-state index in [0.717, 1.165) is 38.0 Å². The molecule has 1 aromatic heterocycles. The average molecular weight is 317 g/mol. The quantitative estimate of drug-likeness (QED) is 0.440. The minimum absolute atomic E-state index is 0.776. The second-order valence-electron chi connectivity index (χ2n) is 6.13. The maximum absolute atomic E-state index is 4.50. The van der Waals surface area contributed by atoms with Crippen LogP contribution in [0.1, 0.15) is 51.0 Å². The lowest BCUT2D eigenvalue weighted by Gasteiger charge is -2.17. The van der Waals surface area contributed by atoms with Crippen molar-refractivity contribution in [2.75, 3.05) is 31.6 Å². The maximum atomic E-state index is 4.50. The summed E-state index contributed by atoms with van der Waals surface area (Å²) in [6, 6.07) is 4.26. The largest absolute Gasteiger partial charge is 0.357 e. The molecule has 2 N–H and O–H groups in total. The molecule has 1 aliphatic heterocycles. The van der Waals surface area contributed by atoms with Gasteiger partial charge in [-0.15, -0.1) is 0 Å². The average Bonchev–Trinajstić information content (AvgIpc) is 3.12. The van der Waals surface area contributed by atoms with Crippen molar-refractivity contribution in [1.82, 2.24) is 15.6 Å². The third-order valence-corrected chi connectivity index (χ3v) is 4.25. The third-order valence-electron chi connectivity index (χ3n) is 4.25. The number of aliphatic imine (C=N–C) groups is 1. The first-order valence-electron chi connectivity index (χ1n) is 8.98. The van der Waals surface area contributed by atoms with E-state index in [1.165, 1.54) is 44.1 Å². The fourth-order valence-electron chi connectivity index (χ4n) is 2.85. The molecule has 1 fully saturated rings. The van der Waals surface area contributed by atoms with Gasteiger partial charge >= 0.3 is 0 Å². The van der Waals surface area contributed by atoms with E-state index in [1.807, 2.05) is 13.2 Å². The van der Waals surface area contributed by atoms with Crippen molar-refractivity contribution in [2.24, 2.45) is 4.99 Å². The summed E-state index contributed by atoms with van der Waals surface area (Å²) in [5.74, 6) is 1.98. The molecule has 0 radical (unpaired) electrons. The lowest BCUT2D eigenvalue weighted by Crippen LogP contribution is -2.37. The predicted molar refractivity (Wildman–Crippen MR) is 98.0 cm³/mol. The number of pyridine rings is 1. The van der Waals surface area contributed by atoms with Crippen LogP contribution in [0.2, 0.25) is 0 Å². The highest BCUT2D eigenvalue weighted by molar-refractivity contribution is 5.79. The summed E-state index contributed by atoms with van der Waals surface area (Å²) in [6.45, 7) is 6.25. The second kappa shape index (κ2) is 10.1. The highest BCUT2D eigenvalue weighted by atomic mass is 15.2. The number of unbranched alkanes of at least 4 members (excludes halogenated alkanes) is 3. The molecule has 2 rings (SSSR count). The molecule has 1 saturated heterocycles. The van der Waals surface area contributed by atoms with Crippen LogP contribution in [0.4, 0.5) is 5.82 Å². The minimum atomic E-state index is 0.776. The van der Waals surface area contributed by atoms with Gasteiger partial charge in [0.15, 0.2) is 5.96 Å². The summed E-state index contributed by atoms with van der Waals surface area (Å²) in [5, 5.41) is 6.77. The Labute approximate surface area is 140 Å². The van der Waals surface area contributed by atoms with Crippen LogP contribution in [-0.2, 0) is 6.54 Å². The summed E-state index contributed by atoms with van der Waals surface area (Å²) in [4.78, 5) is 11.2. The number of rotatable bonds is 8. The van der Waals surface area contributed by atoms with Crippen LogP contribution in [0, 0.1) is 0 Å². The van der Waals surface area contributed by atoms with Gasteiger partial charge in [-0.3, -0.25) is 4.99 Å². The number of guanidine groups is 1. The Morgan fingerprint density at radius 3 is 2.78 bits per heavy atom. The number of anilines is 1. The summed E-state index contributed by atoms with van der Waals surface area (Å²) < 4.78 is 0. The number of nitrogens with one attached hydrogen (secondary N) is 2. The fourth-order valence-corrected chi connectivity index (χ4v) is 2.85. The summed E-state index contributed by atoms with van der Waals surface area (Å²) in [5.41, 5.74) is 1.25. The molecule has 0 bridgehead atoms. The molecule has 5 nitrogen and oxygen atoms in total. The fraction of sp³-hybridized carbons (Fsp3) is 0.667. The molecule has 23 heavy (non-hydrogen) atoms. The molecular weight excluding hydrogens is 286 g/mol. The van der Waals surface area contributed by atoms with Crippen molar-refractivity contribution in [3.05, 3.63) is 23.9 Å². The zero-order valence-electron chi connectivity index (χ0n) is 14.6. The van der Waals surface area contributed by atoms with Gasteiger partial charge < -0.3 is 15.5 Å². The zero-order valence-corrected chi connectivity index (χ0v) is 14.6. The Morgan fingerprint density at radius 2 is 2.04 bits per heavy atom. The van der Waals surface area contributed by atoms with Gasteiger partial charge in [0.2, 0.25) is 0 Å². The van der Waals surface area contributed by atoms with Crippen LogP contribution in [0.5, 0.6) is 0 Å². The van der Waals surface area contributed by atoms with Gasteiger partial charge in [-0.25, -0.2) is 4.98 Å². The first-order valence-corrected chi connectivity index (χ1v) is 8.98. The van der Waals surface area contributed by atoms with Gasteiger partial charge in [0.05, 0.1) is 0 Å². The highest BCUT2D eigenvalue weighted by Gasteiger charge is 2.13. The van der Waals surface area contributed by atoms with Crippen LogP contribution in [0.25, 0.3) is 0 Å². The number of nitrogens with zero attached hydrogens (tertiary/aromatic N) is 3. The first kappa shape index (κ1) is 17.6. The molecule has 5 heteroatoms. The summed E-state index contributed by atoms with van der Waals surface area (Å²) >= 11 is 0. The highest BCUT2D eigenvalue weighted by Crippen LogP contribution is 2.18. The van der Waals surface area contributed by atoms with E-state index in [2.05, 4.69) is 44.6 Å². The van der Waals surface area contributed by atoms with Crippen molar-refractivity contribution in [1.29, 1.82) is 0 Å². The van der Waals surface area contributed by atoms with E-state index in [-0.39, 0.29) is 0 Å². The van der Waals surface area contributed by atoms with E-state index in [1.54, 1.807) is 0 Å². The Bertz CT molecular complexity index is 480. The Balaban J connectivity index is 1.76. The molecule has 0 saturated carbocycles. The predicted octanol–water partition coefficient (Wildman–Crippen LogP) is 2.93. The van der Waals surface area contributed by atoms with Crippen molar-refractivity contribution in [3.63, 3.8) is 0 Å². The van der Waals surface area contributed by atoms with Gasteiger partial charge in [-0.2, -0.15) is 0 Å². The Morgan fingerprint density at radius 1 is 1.22 bits per heavy atom. The molecule has 0 spiro atoms. The summed E-state index contributed by atoms with van der Waals surface area (Å²) in [6.07, 6.45) is 9.52. The van der Waals surface area contributed by atoms with E-state index in [4.69, 9.17) is 0 Å². The van der Waals surface area contributed by atoms with Crippen LogP contribution >= 0.6 is 0 Å². The standard InChI is InChI=1S/C18H31N5/c1-3-4-5-6-10-21-18(19-2)22-15-16-9-11-20-17(14-16)23-12-7-8-13-23/h9,11,14H,3-8,10,12-13,15H2,1-2H3,(H2,19,21,22). The molecular formula is C18H31N5. The molecule has 0 amide bonds. The van der Waals surface area contributed by atoms with Gasteiger partial charge in [0.1, 0.15) is 5.82 Å². The van der Waals surface area contributed by atoms with Crippen molar-refractivity contribution in [2.45, 2.75) is 52.0 Å². The van der Waals surface area contributed by atoms with Crippen molar-refractivity contribution in [3.8, 4) is 0 Å². The Kier molecular flexibility index (Phi) is 7.70. The third kappa shape index (κ3) is 6.08. The number of aromatic nitrogens is 1. The van der Waals surface area contributed by atoms with Gasteiger partial charge in [0.25, 0.3) is 0 Å². The molecule has 0 aliphatic carbocycles. The van der Waals surface area contributed by atoms with Crippen molar-refractivity contribution < 1.29 is 0 Å². The van der Waals surface area contributed by atoms with Crippen LogP contribution in [0.15, 0.2) is 23.3 Å². The normalized spacial score (nSPS) is 15.0. The molecule has 0 aromatic carbocycles. The Hall–Kier alpha value is -1.78. The minimum Gasteiger partial charge on any atom is -0.357 e. The van der Waals surface area contributed by atoms with E-state index < -0.39 is 0 Å². The molecule has 1 aliphatic rings. The van der Waals surface area contributed by atoms with Gasteiger partial charge in [-0.1, -0.05) is 26.2 Å². The van der Waals surface area contributed by atoms with E-state index in [9.17, 15) is 0 Å². The maximum Gasteiger partial charge on any atom is 0.191 e. The van der Waals surface area contributed by atoms with Gasteiger partial charge in [-0.05, 0) is 37.0 Å². The van der Waals surface area contributed by atoms with E-state index >= 15 is 0 Å². The van der Waals surface area contributed by atoms with Crippen LogP contribution in [-0.4, -0.2) is 37.6 Å². The van der Waals surface area contributed by atoms with Gasteiger partial charge in [0, 0.05) is 39.4 Å². The molecule has 0 atom stereocenters. The van der Waals surface area contributed by atoms with Crippen molar-refractivity contribution >= 4 is 11.8 Å². The van der Waals surface area contributed by atoms with Crippen LogP contribution in [0.3, 0.4) is 0 Å². The zero-order chi connectivity index (χ0) is 16.3. The summed E-state index contributed by atoms with van der Waals surface area (Å²) in [7, 11) is 1.82.